The van der Waals surface area contributed by atoms with Gasteiger partial charge in [0.2, 0.25) is 0 Å². The number of likely N-dealkylation sites (tertiary alicyclic amines) is 1. The van der Waals surface area contributed by atoms with Gasteiger partial charge in [-0.1, -0.05) is 6.92 Å². The second kappa shape index (κ2) is 12.2. The van der Waals surface area contributed by atoms with Gasteiger partial charge in [-0.2, -0.15) is 11.3 Å². The molecule has 0 aliphatic carbocycles. The summed E-state index contributed by atoms with van der Waals surface area (Å²) in [7, 11) is 0. The first-order chi connectivity index (χ1) is 12.7. The fourth-order valence-corrected chi connectivity index (χ4v) is 4.54. The van der Waals surface area contributed by atoms with Gasteiger partial charge in [-0.25, -0.2) is 0 Å². The van der Waals surface area contributed by atoms with Crippen molar-refractivity contribution in [2.75, 3.05) is 45.9 Å². The summed E-state index contributed by atoms with van der Waals surface area (Å²) in [5.74, 6) is 2.18. The Morgan fingerprint density at radius 1 is 1.37 bits per heavy atom. The molecule has 154 valence electrons. The van der Waals surface area contributed by atoms with Crippen molar-refractivity contribution in [3.8, 4) is 0 Å². The smallest absolute Gasteiger partial charge is 0.191 e. The third-order valence-electron chi connectivity index (χ3n) is 5.45. The van der Waals surface area contributed by atoms with Gasteiger partial charge < -0.3 is 20.3 Å². The number of aliphatic imine (C=N–C) groups is 1. The Morgan fingerprint density at radius 2 is 2.19 bits per heavy atom. The van der Waals surface area contributed by atoms with Crippen LogP contribution in [-0.2, 0) is 4.74 Å². The van der Waals surface area contributed by atoms with Gasteiger partial charge in [0.05, 0.1) is 6.61 Å². The molecule has 2 fully saturated rings. The summed E-state index contributed by atoms with van der Waals surface area (Å²) in [6, 6.07) is 2.73. The number of guanidine groups is 1. The van der Waals surface area contributed by atoms with E-state index in [9.17, 15) is 0 Å². The third kappa shape index (κ3) is 7.51. The van der Waals surface area contributed by atoms with E-state index in [1.807, 2.05) is 0 Å². The van der Waals surface area contributed by atoms with E-state index in [0.717, 1.165) is 38.2 Å². The Labute approximate surface area is 185 Å². The fraction of sp³-hybridized carbons (Fsp3) is 0.750. The molecule has 2 aliphatic heterocycles. The van der Waals surface area contributed by atoms with Crippen LogP contribution in [0.25, 0.3) is 0 Å². The van der Waals surface area contributed by atoms with E-state index in [2.05, 4.69) is 46.2 Å². The van der Waals surface area contributed by atoms with Crippen molar-refractivity contribution in [1.29, 1.82) is 0 Å². The second-order valence-electron chi connectivity index (χ2n) is 7.63. The van der Waals surface area contributed by atoms with Gasteiger partial charge in [0.15, 0.2) is 5.96 Å². The summed E-state index contributed by atoms with van der Waals surface area (Å²) >= 11 is 1.76. The molecule has 2 aliphatic rings. The molecule has 0 bridgehead atoms. The molecule has 3 rings (SSSR count). The molecular formula is C20H35IN4OS. The number of rotatable bonds is 7. The minimum Gasteiger partial charge on any atom is -0.381 e. The summed E-state index contributed by atoms with van der Waals surface area (Å²) in [5.41, 5.74) is 1.39. The summed E-state index contributed by atoms with van der Waals surface area (Å²) in [5, 5.41) is 11.4. The molecule has 0 saturated carbocycles. The van der Waals surface area contributed by atoms with Crippen molar-refractivity contribution in [3.05, 3.63) is 22.4 Å². The first kappa shape index (κ1) is 22.9. The average Bonchev–Trinajstić information content (AvgIpc) is 3.35. The van der Waals surface area contributed by atoms with Gasteiger partial charge in [0.25, 0.3) is 0 Å². The molecule has 2 unspecified atom stereocenters. The van der Waals surface area contributed by atoms with Gasteiger partial charge in [-0.3, -0.25) is 4.99 Å². The zero-order valence-corrected chi connectivity index (χ0v) is 19.8. The van der Waals surface area contributed by atoms with E-state index in [1.54, 1.807) is 11.3 Å². The first-order valence-corrected chi connectivity index (χ1v) is 11.1. The molecular weight excluding hydrogens is 471 g/mol. The predicted octanol–water partition coefficient (Wildman–Crippen LogP) is 3.53. The highest BCUT2D eigenvalue weighted by atomic mass is 127. The molecule has 1 aromatic rings. The Morgan fingerprint density at radius 3 is 2.81 bits per heavy atom. The Hall–Kier alpha value is -0.380. The van der Waals surface area contributed by atoms with E-state index in [1.165, 1.54) is 44.5 Å². The van der Waals surface area contributed by atoms with Crippen molar-refractivity contribution >= 4 is 41.3 Å². The number of ether oxygens (including phenoxy) is 1. The Balaban J connectivity index is 0.00000261. The maximum atomic E-state index is 5.51. The van der Waals surface area contributed by atoms with E-state index in [0.29, 0.717) is 12.0 Å². The van der Waals surface area contributed by atoms with Crippen LogP contribution in [0.5, 0.6) is 0 Å². The molecule has 0 aromatic carbocycles. The molecule has 0 amide bonds. The predicted molar refractivity (Wildman–Crippen MR) is 126 cm³/mol. The molecule has 0 radical (unpaired) electrons. The van der Waals surface area contributed by atoms with Crippen LogP contribution in [0.2, 0.25) is 0 Å². The lowest BCUT2D eigenvalue weighted by molar-refractivity contribution is 0.150. The molecule has 27 heavy (non-hydrogen) atoms. The minimum atomic E-state index is 0. The summed E-state index contributed by atoms with van der Waals surface area (Å²) < 4.78 is 5.51. The highest BCUT2D eigenvalue weighted by molar-refractivity contribution is 14.0. The number of nitrogens with zero attached hydrogens (tertiary/aromatic N) is 2. The van der Waals surface area contributed by atoms with Crippen LogP contribution >= 0.6 is 35.3 Å². The highest BCUT2D eigenvalue weighted by Gasteiger charge is 2.24. The Kier molecular flexibility index (Phi) is 10.4. The van der Waals surface area contributed by atoms with Gasteiger partial charge in [0.1, 0.15) is 0 Å². The SMILES string of the molecule is CCNC(=NCC(C)c1ccsc1)NC1CCN(CC2CCOC2)CC1.I. The number of hydrogen-bond donors (Lipinski definition) is 2. The molecule has 5 nitrogen and oxygen atoms in total. The highest BCUT2D eigenvalue weighted by Crippen LogP contribution is 2.19. The minimum absolute atomic E-state index is 0. The monoisotopic (exact) mass is 506 g/mol. The molecule has 1 aromatic heterocycles. The quantitative estimate of drug-likeness (QED) is 0.338. The lowest BCUT2D eigenvalue weighted by atomic mass is 10.0. The van der Waals surface area contributed by atoms with Crippen molar-refractivity contribution in [2.24, 2.45) is 10.9 Å². The van der Waals surface area contributed by atoms with Gasteiger partial charge in [-0.05, 0) is 54.5 Å². The normalized spacial score (nSPS) is 23.0. The largest absolute Gasteiger partial charge is 0.381 e. The van der Waals surface area contributed by atoms with Crippen LogP contribution < -0.4 is 10.6 Å². The molecule has 2 saturated heterocycles. The fourth-order valence-electron chi connectivity index (χ4n) is 3.75. The van der Waals surface area contributed by atoms with E-state index >= 15 is 0 Å². The van der Waals surface area contributed by atoms with Crippen molar-refractivity contribution in [3.63, 3.8) is 0 Å². The summed E-state index contributed by atoms with van der Waals surface area (Å²) in [4.78, 5) is 7.45. The van der Waals surface area contributed by atoms with Gasteiger partial charge >= 0.3 is 0 Å². The number of thiophene rings is 1. The van der Waals surface area contributed by atoms with Crippen molar-refractivity contribution < 1.29 is 4.74 Å². The topological polar surface area (TPSA) is 48.9 Å². The lowest BCUT2D eigenvalue weighted by Gasteiger charge is -2.34. The molecule has 0 spiro atoms. The van der Waals surface area contributed by atoms with Gasteiger partial charge in [-0.15, -0.1) is 24.0 Å². The van der Waals surface area contributed by atoms with Crippen LogP contribution in [-0.4, -0.2) is 62.8 Å². The van der Waals surface area contributed by atoms with Crippen LogP contribution in [0.15, 0.2) is 21.8 Å². The van der Waals surface area contributed by atoms with E-state index < -0.39 is 0 Å². The van der Waals surface area contributed by atoms with Crippen LogP contribution in [0, 0.1) is 5.92 Å². The van der Waals surface area contributed by atoms with Crippen LogP contribution in [0.1, 0.15) is 44.6 Å². The lowest BCUT2D eigenvalue weighted by Crippen LogP contribution is -2.49. The first-order valence-electron chi connectivity index (χ1n) is 10.1. The number of nitrogens with one attached hydrogen (secondary N) is 2. The Bertz CT molecular complexity index is 540. The molecule has 3 heterocycles. The van der Waals surface area contributed by atoms with Crippen LogP contribution in [0.3, 0.4) is 0 Å². The number of hydrogen-bond acceptors (Lipinski definition) is 4. The van der Waals surface area contributed by atoms with Crippen LogP contribution in [0.4, 0.5) is 0 Å². The maximum absolute atomic E-state index is 5.51. The summed E-state index contributed by atoms with van der Waals surface area (Å²) in [6.45, 7) is 11.6. The average molecular weight is 506 g/mol. The third-order valence-corrected chi connectivity index (χ3v) is 6.15. The zero-order chi connectivity index (χ0) is 18.2. The zero-order valence-electron chi connectivity index (χ0n) is 16.7. The maximum Gasteiger partial charge on any atom is 0.191 e. The van der Waals surface area contributed by atoms with Crippen molar-refractivity contribution in [2.45, 2.75) is 45.1 Å². The van der Waals surface area contributed by atoms with E-state index in [-0.39, 0.29) is 24.0 Å². The second-order valence-corrected chi connectivity index (χ2v) is 8.41. The van der Waals surface area contributed by atoms with Crippen molar-refractivity contribution in [1.82, 2.24) is 15.5 Å². The molecule has 7 heteroatoms. The van der Waals surface area contributed by atoms with E-state index in [4.69, 9.17) is 9.73 Å². The summed E-state index contributed by atoms with van der Waals surface area (Å²) in [6.07, 6.45) is 3.62. The standard InChI is InChI=1S/C20H34N4OS.HI/c1-3-21-20(22-12-16(2)18-7-11-26-15-18)23-19-4-8-24(9-5-19)13-17-6-10-25-14-17;/h7,11,15-17,19H,3-6,8-10,12-14H2,1-2H3,(H2,21,22,23);1H. The molecule has 2 atom stereocenters. The van der Waals surface area contributed by atoms with Gasteiger partial charge in [0, 0.05) is 51.3 Å². The number of halogens is 1. The molecule has 2 N–H and O–H groups in total. The number of piperidine rings is 1.